The van der Waals surface area contributed by atoms with Crippen LogP contribution in [0.3, 0.4) is 0 Å². The zero-order chi connectivity index (χ0) is 18.1. The van der Waals surface area contributed by atoms with Crippen LogP contribution in [-0.4, -0.2) is 17.1 Å². The molecule has 5 nitrogen and oxygen atoms in total. The predicted octanol–water partition coefficient (Wildman–Crippen LogP) is 3.57. The van der Waals surface area contributed by atoms with E-state index >= 15 is 0 Å². The highest BCUT2D eigenvalue weighted by molar-refractivity contribution is 5.83. The Bertz CT molecular complexity index is 960. The molecule has 3 rings (SSSR count). The first-order valence-electron chi connectivity index (χ1n) is 7.43. The van der Waals surface area contributed by atoms with Crippen LogP contribution in [-0.2, 0) is 0 Å². The molecule has 0 spiro atoms. The Morgan fingerprint density at radius 2 is 1.72 bits per heavy atom. The minimum atomic E-state index is -0.645. The Kier molecular flexibility index (Phi) is 4.22. The molecule has 0 aliphatic carbocycles. The zero-order valence-corrected chi connectivity index (χ0v) is 13.7. The maximum Gasteiger partial charge on any atom is 0.221 e. The van der Waals surface area contributed by atoms with Crippen LogP contribution in [0.4, 0.5) is 20.5 Å². The van der Waals surface area contributed by atoms with E-state index in [1.807, 2.05) is 6.92 Å². The Balaban J connectivity index is 2.20. The van der Waals surface area contributed by atoms with Gasteiger partial charge in [-0.25, -0.2) is 13.8 Å². The van der Waals surface area contributed by atoms with Gasteiger partial charge >= 0.3 is 0 Å². The molecule has 1 heterocycles. The van der Waals surface area contributed by atoms with Gasteiger partial charge in [-0.2, -0.15) is 4.98 Å². The number of ether oxygens (including phenoxy) is 1. The van der Waals surface area contributed by atoms with Crippen molar-refractivity contribution in [2.24, 2.45) is 0 Å². The molecule has 2 aromatic carbocycles. The van der Waals surface area contributed by atoms with Crippen molar-refractivity contribution in [3.8, 4) is 28.0 Å². The maximum absolute atomic E-state index is 14.1. The summed E-state index contributed by atoms with van der Waals surface area (Å²) in [5.41, 5.74) is 14.3. The highest BCUT2D eigenvalue weighted by Crippen LogP contribution is 2.39. The van der Waals surface area contributed by atoms with Crippen molar-refractivity contribution in [3.63, 3.8) is 0 Å². The summed E-state index contributed by atoms with van der Waals surface area (Å²) in [6.07, 6.45) is 1.51. The Labute approximate surface area is 143 Å². The van der Waals surface area contributed by atoms with Gasteiger partial charge in [0.05, 0.1) is 7.11 Å². The van der Waals surface area contributed by atoms with E-state index in [0.29, 0.717) is 22.4 Å². The zero-order valence-electron chi connectivity index (χ0n) is 13.7. The second-order valence-corrected chi connectivity index (χ2v) is 5.52. The number of methoxy groups -OCH3 is 1. The molecule has 4 N–H and O–H groups in total. The molecular formula is C18H16F2N4O. The topological polar surface area (TPSA) is 87.0 Å². The molecule has 0 bridgehead atoms. The van der Waals surface area contributed by atoms with Crippen LogP contribution in [0.25, 0.3) is 22.3 Å². The minimum Gasteiger partial charge on any atom is -0.496 e. The SMILES string of the molecule is COc1cc(-c2ccc(F)cc2F)c(C)cc1-c1cnc(N)nc1N. The van der Waals surface area contributed by atoms with Gasteiger partial charge in [0.15, 0.2) is 0 Å². The highest BCUT2D eigenvalue weighted by Gasteiger charge is 2.16. The number of hydrogen-bond donors (Lipinski definition) is 2. The lowest BCUT2D eigenvalue weighted by atomic mass is 9.95. The number of anilines is 2. The molecule has 0 amide bonds. The van der Waals surface area contributed by atoms with Crippen LogP contribution in [0.2, 0.25) is 0 Å². The summed E-state index contributed by atoms with van der Waals surface area (Å²) in [7, 11) is 1.49. The molecule has 0 atom stereocenters. The Morgan fingerprint density at radius 3 is 2.36 bits per heavy atom. The summed E-state index contributed by atoms with van der Waals surface area (Å²) in [5.74, 6) is -0.528. The van der Waals surface area contributed by atoms with Gasteiger partial charge in [0.2, 0.25) is 5.95 Å². The molecular weight excluding hydrogens is 326 g/mol. The normalized spacial score (nSPS) is 10.7. The van der Waals surface area contributed by atoms with Crippen molar-refractivity contribution < 1.29 is 13.5 Å². The molecule has 0 saturated heterocycles. The molecule has 1 aromatic heterocycles. The monoisotopic (exact) mass is 342 g/mol. The molecule has 0 fully saturated rings. The molecule has 0 aliphatic rings. The summed E-state index contributed by atoms with van der Waals surface area (Å²) in [4.78, 5) is 7.90. The van der Waals surface area contributed by atoms with E-state index in [9.17, 15) is 8.78 Å². The third-order valence-electron chi connectivity index (χ3n) is 3.89. The second kappa shape index (κ2) is 6.35. The third kappa shape index (κ3) is 3.08. The van der Waals surface area contributed by atoms with Gasteiger partial charge in [0.25, 0.3) is 0 Å². The first-order chi connectivity index (χ1) is 11.9. The van der Waals surface area contributed by atoms with E-state index in [-0.39, 0.29) is 17.3 Å². The van der Waals surface area contributed by atoms with E-state index in [1.54, 1.807) is 12.1 Å². The van der Waals surface area contributed by atoms with Gasteiger partial charge in [0.1, 0.15) is 23.2 Å². The number of halogens is 2. The van der Waals surface area contributed by atoms with Crippen molar-refractivity contribution in [3.05, 3.63) is 53.7 Å². The van der Waals surface area contributed by atoms with Crippen molar-refractivity contribution in [2.75, 3.05) is 18.6 Å². The van der Waals surface area contributed by atoms with E-state index in [2.05, 4.69) is 9.97 Å². The van der Waals surface area contributed by atoms with E-state index < -0.39 is 11.6 Å². The number of benzene rings is 2. The number of nitrogens with zero attached hydrogens (tertiary/aromatic N) is 2. The van der Waals surface area contributed by atoms with E-state index in [0.717, 1.165) is 11.6 Å². The predicted molar refractivity (Wildman–Crippen MR) is 92.9 cm³/mol. The van der Waals surface area contributed by atoms with Crippen LogP contribution in [0.1, 0.15) is 5.56 Å². The maximum atomic E-state index is 14.1. The lowest BCUT2D eigenvalue weighted by Gasteiger charge is -2.15. The smallest absolute Gasteiger partial charge is 0.221 e. The lowest BCUT2D eigenvalue weighted by molar-refractivity contribution is 0.416. The van der Waals surface area contributed by atoms with Crippen LogP contribution in [0, 0.1) is 18.6 Å². The molecule has 25 heavy (non-hydrogen) atoms. The highest BCUT2D eigenvalue weighted by atomic mass is 19.1. The molecule has 0 radical (unpaired) electrons. The first kappa shape index (κ1) is 16.6. The molecule has 0 aliphatic heterocycles. The fourth-order valence-electron chi connectivity index (χ4n) is 2.68. The molecule has 0 unspecified atom stereocenters. The van der Waals surface area contributed by atoms with Crippen molar-refractivity contribution in [1.29, 1.82) is 0 Å². The van der Waals surface area contributed by atoms with Crippen LogP contribution in [0.5, 0.6) is 5.75 Å². The number of hydrogen-bond acceptors (Lipinski definition) is 5. The summed E-state index contributed by atoms with van der Waals surface area (Å²) in [6, 6.07) is 6.93. The fraction of sp³-hybridized carbons (Fsp3) is 0.111. The minimum absolute atomic E-state index is 0.0712. The third-order valence-corrected chi connectivity index (χ3v) is 3.89. The average molecular weight is 342 g/mol. The lowest BCUT2D eigenvalue weighted by Crippen LogP contribution is -2.02. The summed E-state index contributed by atoms with van der Waals surface area (Å²) >= 11 is 0. The summed E-state index contributed by atoms with van der Waals surface area (Å²) in [5, 5.41) is 0. The first-order valence-corrected chi connectivity index (χ1v) is 7.43. The molecule has 128 valence electrons. The number of aryl methyl sites for hydroxylation is 1. The van der Waals surface area contributed by atoms with Crippen molar-refractivity contribution in [2.45, 2.75) is 6.92 Å². The second-order valence-electron chi connectivity index (χ2n) is 5.52. The Hall–Kier alpha value is -3.22. The largest absolute Gasteiger partial charge is 0.496 e. The van der Waals surface area contributed by atoms with E-state index in [1.165, 1.54) is 25.4 Å². The quantitative estimate of drug-likeness (QED) is 0.760. The van der Waals surface area contributed by atoms with Crippen molar-refractivity contribution >= 4 is 11.8 Å². The van der Waals surface area contributed by atoms with Gasteiger partial charge < -0.3 is 16.2 Å². The molecule has 0 saturated carbocycles. The van der Waals surface area contributed by atoms with Gasteiger partial charge in [-0.1, -0.05) is 0 Å². The van der Waals surface area contributed by atoms with Crippen LogP contribution >= 0.6 is 0 Å². The number of nitrogens with two attached hydrogens (primary N) is 2. The summed E-state index contributed by atoms with van der Waals surface area (Å²) < 4.78 is 32.7. The van der Waals surface area contributed by atoms with Crippen LogP contribution < -0.4 is 16.2 Å². The van der Waals surface area contributed by atoms with Gasteiger partial charge in [0, 0.05) is 29.0 Å². The van der Waals surface area contributed by atoms with Gasteiger partial charge in [-0.15, -0.1) is 0 Å². The number of aromatic nitrogens is 2. The molecule has 3 aromatic rings. The average Bonchev–Trinajstić information content (AvgIpc) is 2.55. The van der Waals surface area contributed by atoms with Crippen molar-refractivity contribution in [1.82, 2.24) is 9.97 Å². The fourth-order valence-corrected chi connectivity index (χ4v) is 2.68. The van der Waals surface area contributed by atoms with Gasteiger partial charge in [-0.05, 0) is 42.3 Å². The standard InChI is InChI=1S/C18H16F2N4O/c1-9-5-13(14-8-23-18(22)24-17(14)21)16(25-2)7-12(9)11-4-3-10(19)6-15(11)20/h3-8H,1-2H3,(H4,21,22,23,24). The van der Waals surface area contributed by atoms with Crippen LogP contribution in [0.15, 0.2) is 36.5 Å². The number of rotatable bonds is 3. The Morgan fingerprint density at radius 1 is 0.960 bits per heavy atom. The molecule has 7 heteroatoms. The van der Waals surface area contributed by atoms with E-state index in [4.69, 9.17) is 16.2 Å². The summed E-state index contributed by atoms with van der Waals surface area (Å²) in [6.45, 7) is 1.81. The number of nitrogen functional groups attached to an aromatic ring is 2. The van der Waals surface area contributed by atoms with Gasteiger partial charge in [-0.3, -0.25) is 0 Å².